The Balaban J connectivity index is 1.65. The zero-order valence-corrected chi connectivity index (χ0v) is 21.0. The van der Waals surface area contributed by atoms with Gasteiger partial charge >= 0.3 is 0 Å². The molecule has 0 saturated carbocycles. The van der Waals surface area contributed by atoms with Gasteiger partial charge in [-0.05, 0) is 71.7 Å². The lowest BCUT2D eigenvalue weighted by Gasteiger charge is -2.13. The summed E-state index contributed by atoms with van der Waals surface area (Å²) < 4.78 is 11.4. The van der Waals surface area contributed by atoms with Crippen LogP contribution < -0.4 is 0 Å². The van der Waals surface area contributed by atoms with Gasteiger partial charge in [0.2, 0.25) is 11.4 Å². The Hall–Kier alpha value is -5.02. The van der Waals surface area contributed by atoms with E-state index in [9.17, 15) is 0 Å². The van der Waals surface area contributed by atoms with Gasteiger partial charge < -0.3 is 4.42 Å². The molecule has 4 heterocycles. The topological polar surface area (TPSA) is 23.0 Å². The minimum absolute atomic E-state index is 0.842. The number of hydrogen-bond donors (Lipinski definition) is 0. The van der Waals surface area contributed by atoms with E-state index in [1.165, 1.54) is 10.8 Å². The van der Waals surface area contributed by atoms with Crippen LogP contribution in [0, 0.1) is 0 Å². The molecule has 0 unspecified atom stereocenters. The second-order valence-corrected chi connectivity index (χ2v) is 9.89. The van der Waals surface area contributed by atoms with Gasteiger partial charge in [0, 0.05) is 22.2 Å². The highest BCUT2D eigenvalue weighted by Crippen LogP contribution is 2.45. The van der Waals surface area contributed by atoms with Crippen molar-refractivity contribution < 1.29 is 4.42 Å². The van der Waals surface area contributed by atoms with Gasteiger partial charge in [-0.2, -0.15) is 0 Å². The molecule has 0 amide bonds. The van der Waals surface area contributed by atoms with E-state index < -0.39 is 0 Å². The van der Waals surface area contributed by atoms with Crippen molar-refractivity contribution in [2.75, 3.05) is 0 Å². The van der Waals surface area contributed by atoms with Gasteiger partial charge in [-0.3, -0.25) is 9.13 Å². The van der Waals surface area contributed by atoms with Gasteiger partial charge in [-0.1, -0.05) is 79.4 Å². The third-order valence-corrected chi connectivity index (χ3v) is 7.69. The molecule has 180 valence electrons. The fourth-order valence-electron chi connectivity index (χ4n) is 6.06. The summed E-state index contributed by atoms with van der Waals surface area (Å²) >= 11 is 0. The van der Waals surface area contributed by atoms with E-state index in [0.717, 1.165) is 66.9 Å². The molecule has 1 aliphatic heterocycles. The molecule has 3 aromatic heterocycles. The Labute approximate surface area is 219 Å². The number of furan rings is 1. The van der Waals surface area contributed by atoms with E-state index in [1.807, 2.05) is 6.92 Å². The van der Waals surface area contributed by atoms with Crippen LogP contribution in [0.1, 0.15) is 12.5 Å². The summed E-state index contributed by atoms with van der Waals surface area (Å²) in [7, 11) is 0. The van der Waals surface area contributed by atoms with Crippen molar-refractivity contribution in [3.63, 3.8) is 0 Å². The molecule has 38 heavy (non-hydrogen) atoms. The van der Waals surface area contributed by atoms with Crippen molar-refractivity contribution in [2.45, 2.75) is 6.92 Å². The molecule has 3 heteroatoms. The van der Waals surface area contributed by atoms with E-state index in [2.05, 4.69) is 131 Å². The average molecular weight is 489 g/mol. The highest BCUT2D eigenvalue weighted by molar-refractivity contribution is 6.28. The molecule has 7 aromatic rings. The van der Waals surface area contributed by atoms with Gasteiger partial charge in [0.25, 0.3) is 0 Å². The van der Waals surface area contributed by atoms with Crippen LogP contribution in [0.3, 0.4) is 0 Å². The molecular formula is C35H24N2O. The molecule has 0 fully saturated rings. The van der Waals surface area contributed by atoms with Crippen LogP contribution in [0.4, 0.5) is 0 Å². The lowest BCUT2D eigenvalue weighted by molar-refractivity contribution is 0.626. The first-order valence-corrected chi connectivity index (χ1v) is 12.9. The predicted octanol–water partition coefficient (Wildman–Crippen LogP) is 9.60. The van der Waals surface area contributed by atoms with Crippen LogP contribution >= 0.6 is 0 Å². The lowest BCUT2D eigenvalue weighted by atomic mass is 9.98. The van der Waals surface area contributed by atoms with Crippen LogP contribution in [0.25, 0.3) is 72.1 Å². The summed E-state index contributed by atoms with van der Waals surface area (Å²) in [6.07, 6.45) is 6.36. The SMILES string of the molecule is C=C1/C=C(\C=C/C)n2c3ccccc3c3c4c5ccccc5n(c4oc32)-c2cccc(c2)-c2cccc1c2. The quantitative estimate of drug-likeness (QED) is 0.226. The number of hydrogen-bond acceptors (Lipinski definition) is 1. The number of fused-ring (bicyclic) bond motifs is 13. The van der Waals surface area contributed by atoms with E-state index >= 15 is 0 Å². The lowest BCUT2D eigenvalue weighted by Crippen LogP contribution is -1.97. The normalized spacial score (nSPS) is 14.9. The molecular weight excluding hydrogens is 464 g/mol. The van der Waals surface area contributed by atoms with Crippen LogP contribution in [0.15, 0.2) is 126 Å². The minimum atomic E-state index is 0.842. The van der Waals surface area contributed by atoms with Crippen LogP contribution in [-0.2, 0) is 0 Å². The van der Waals surface area contributed by atoms with Crippen molar-refractivity contribution in [2.24, 2.45) is 0 Å². The van der Waals surface area contributed by atoms with E-state index in [-0.39, 0.29) is 0 Å². The third-order valence-electron chi connectivity index (χ3n) is 7.69. The highest BCUT2D eigenvalue weighted by Gasteiger charge is 2.25. The van der Waals surface area contributed by atoms with Gasteiger partial charge in [0.15, 0.2) is 0 Å². The van der Waals surface area contributed by atoms with Crippen molar-refractivity contribution >= 4 is 55.3 Å². The highest BCUT2D eigenvalue weighted by atomic mass is 16.4. The second-order valence-electron chi connectivity index (χ2n) is 9.89. The number of para-hydroxylation sites is 2. The number of nitrogens with zero attached hydrogens (tertiary/aromatic N) is 2. The minimum Gasteiger partial charge on any atom is -0.422 e. The van der Waals surface area contributed by atoms with Crippen LogP contribution in [0.2, 0.25) is 0 Å². The van der Waals surface area contributed by atoms with Crippen LogP contribution in [0.5, 0.6) is 0 Å². The Kier molecular flexibility index (Phi) is 4.30. The van der Waals surface area contributed by atoms with Gasteiger partial charge in [-0.15, -0.1) is 0 Å². The molecule has 0 spiro atoms. The maximum atomic E-state index is 6.91. The van der Waals surface area contributed by atoms with E-state index in [1.54, 1.807) is 0 Å². The standard InChI is InChI=1S/C35H24N2O/c1-3-10-26-19-22(2)23-11-8-12-24(20-23)25-13-9-14-27(21-25)37-31-18-7-5-16-29(31)33-32-28-15-4-6-17-30(28)36(26)34(32)38-35(33)37/h3-21H,2H2,1H3/b10-3-,26-19+. The molecule has 6 bridgehead atoms. The van der Waals surface area contributed by atoms with Crippen molar-refractivity contribution in [1.82, 2.24) is 9.13 Å². The Morgan fingerprint density at radius 2 is 1.26 bits per heavy atom. The second kappa shape index (κ2) is 7.74. The maximum Gasteiger partial charge on any atom is 0.215 e. The summed E-state index contributed by atoms with van der Waals surface area (Å²) in [4.78, 5) is 0. The molecule has 4 aromatic carbocycles. The molecule has 0 N–H and O–H groups in total. The summed E-state index contributed by atoms with van der Waals surface area (Å²) in [5.41, 5.74) is 10.4. The Morgan fingerprint density at radius 3 is 2.00 bits per heavy atom. The Bertz CT molecular complexity index is 2160. The number of aromatic nitrogens is 2. The predicted molar refractivity (Wildman–Crippen MR) is 160 cm³/mol. The summed E-state index contributed by atoms with van der Waals surface area (Å²) in [6, 6.07) is 34.5. The summed E-state index contributed by atoms with van der Waals surface area (Å²) in [5.74, 6) is 0. The number of allylic oxidation sites excluding steroid dienone is 5. The molecule has 0 saturated heterocycles. The van der Waals surface area contributed by atoms with Gasteiger partial charge in [0.1, 0.15) is 0 Å². The molecule has 3 nitrogen and oxygen atoms in total. The Morgan fingerprint density at radius 1 is 0.658 bits per heavy atom. The summed E-state index contributed by atoms with van der Waals surface area (Å²) in [6.45, 7) is 6.52. The van der Waals surface area contributed by atoms with Gasteiger partial charge in [0.05, 0.1) is 21.8 Å². The van der Waals surface area contributed by atoms with Gasteiger partial charge in [-0.25, -0.2) is 0 Å². The third kappa shape index (κ3) is 2.79. The fraction of sp³-hybridized carbons (Fsp3) is 0.0286. The monoisotopic (exact) mass is 488 g/mol. The first-order chi connectivity index (χ1) is 18.7. The van der Waals surface area contributed by atoms with Crippen molar-refractivity contribution in [3.05, 3.63) is 127 Å². The molecule has 8 rings (SSSR count). The zero-order chi connectivity index (χ0) is 25.4. The molecule has 0 atom stereocenters. The first-order valence-electron chi connectivity index (χ1n) is 12.9. The molecule has 0 aliphatic carbocycles. The maximum absolute atomic E-state index is 6.91. The first kappa shape index (κ1) is 21.1. The van der Waals surface area contributed by atoms with Crippen molar-refractivity contribution in [1.29, 1.82) is 0 Å². The zero-order valence-electron chi connectivity index (χ0n) is 21.0. The largest absolute Gasteiger partial charge is 0.422 e. The average Bonchev–Trinajstić information content (AvgIpc) is 3.58. The number of benzene rings is 4. The van der Waals surface area contributed by atoms with E-state index in [4.69, 9.17) is 4.42 Å². The van der Waals surface area contributed by atoms with E-state index in [0.29, 0.717) is 0 Å². The van der Waals surface area contributed by atoms with Crippen molar-refractivity contribution in [3.8, 4) is 16.8 Å². The molecule has 0 radical (unpaired) electrons. The fourth-order valence-corrected chi connectivity index (χ4v) is 6.06. The van der Waals surface area contributed by atoms with Crippen LogP contribution in [-0.4, -0.2) is 9.13 Å². The molecule has 1 aliphatic rings. The smallest absolute Gasteiger partial charge is 0.215 e. The number of rotatable bonds is 1. The summed E-state index contributed by atoms with van der Waals surface area (Å²) in [5, 5.41) is 4.64.